The first-order valence-corrected chi connectivity index (χ1v) is 8.57. The van der Waals surface area contributed by atoms with Crippen LogP contribution in [0.5, 0.6) is 0 Å². The van der Waals surface area contributed by atoms with E-state index in [1.165, 1.54) is 0 Å². The Morgan fingerprint density at radius 3 is 2.56 bits per heavy atom. The number of aryl methyl sites for hydroxylation is 1. The molecule has 2 amide bonds. The van der Waals surface area contributed by atoms with E-state index in [0.29, 0.717) is 24.9 Å². The molecule has 1 aliphatic rings. The summed E-state index contributed by atoms with van der Waals surface area (Å²) in [5.74, 6) is -0.171. The minimum Gasteiger partial charge on any atom is -0.399 e. The van der Waals surface area contributed by atoms with Crippen LogP contribution in [0.1, 0.15) is 25.3 Å². The van der Waals surface area contributed by atoms with Crippen LogP contribution in [-0.4, -0.2) is 23.9 Å². The zero-order valence-electron chi connectivity index (χ0n) is 14.3. The first kappa shape index (κ1) is 17.0. The van der Waals surface area contributed by atoms with Crippen LogP contribution < -0.4 is 16.0 Å². The Bertz CT molecular complexity index is 761. The SMILES string of the molecule is C[C@H]1C[C@@H](NC(=O)CCc2ccccc2N)C(=O)N1c1ccccc1. The van der Waals surface area contributed by atoms with Crippen LogP contribution in [0.4, 0.5) is 11.4 Å². The maximum atomic E-state index is 12.7. The predicted octanol–water partition coefficient (Wildman–Crippen LogP) is 2.51. The largest absolute Gasteiger partial charge is 0.399 e. The molecule has 0 radical (unpaired) electrons. The lowest BCUT2D eigenvalue weighted by Gasteiger charge is -2.21. The van der Waals surface area contributed by atoms with Gasteiger partial charge in [-0.2, -0.15) is 0 Å². The van der Waals surface area contributed by atoms with Gasteiger partial charge < -0.3 is 16.0 Å². The Labute approximate surface area is 147 Å². The molecule has 2 atom stereocenters. The second-order valence-corrected chi connectivity index (χ2v) is 6.45. The van der Waals surface area contributed by atoms with Crippen molar-refractivity contribution in [3.05, 3.63) is 60.2 Å². The molecule has 0 unspecified atom stereocenters. The fourth-order valence-corrected chi connectivity index (χ4v) is 3.30. The van der Waals surface area contributed by atoms with Gasteiger partial charge in [-0.15, -0.1) is 0 Å². The first-order valence-electron chi connectivity index (χ1n) is 8.57. The Balaban J connectivity index is 1.59. The van der Waals surface area contributed by atoms with Gasteiger partial charge in [-0.1, -0.05) is 36.4 Å². The third-order valence-electron chi connectivity index (χ3n) is 4.60. The fourth-order valence-electron chi connectivity index (χ4n) is 3.30. The van der Waals surface area contributed by atoms with Crippen LogP contribution in [-0.2, 0) is 16.0 Å². The summed E-state index contributed by atoms with van der Waals surface area (Å²) in [4.78, 5) is 26.7. The smallest absolute Gasteiger partial charge is 0.249 e. The van der Waals surface area contributed by atoms with Crippen LogP contribution in [0.2, 0.25) is 0 Å². The molecular formula is C20H23N3O2. The van der Waals surface area contributed by atoms with Crippen LogP contribution in [0.3, 0.4) is 0 Å². The lowest BCUT2D eigenvalue weighted by Crippen LogP contribution is -2.42. The van der Waals surface area contributed by atoms with Gasteiger partial charge in [0.15, 0.2) is 0 Å². The number of hydrogen-bond donors (Lipinski definition) is 2. The molecule has 3 N–H and O–H groups in total. The van der Waals surface area contributed by atoms with E-state index in [1.54, 1.807) is 4.90 Å². The Morgan fingerprint density at radius 2 is 1.84 bits per heavy atom. The lowest BCUT2D eigenvalue weighted by molar-refractivity contribution is -0.126. The number of nitrogens with two attached hydrogens (primary N) is 1. The normalized spacial score (nSPS) is 19.9. The van der Waals surface area contributed by atoms with Crippen molar-refractivity contribution in [3.8, 4) is 0 Å². The molecule has 5 heteroatoms. The minimum absolute atomic E-state index is 0.0497. The summed E-state index contributed by atoms with van der Waals surface area (Å²) in [6.45, 7) is 2.00. The number of carbonyl (C=O) groups is 2. The summed E-state index contributed by atoms with van der Waals surface area (Å²) < 4.78 is 0. The summed E-state index contributed by atoms with van der Waals surface area (Å²) >= 11 is 0. The molecule has 130 valence electrons. The third-order valence-corrected chi connectivity index (χ3v) is 4.60. The van der Waals surface area contributed by atoms with Crippen molar-refractivity contribution in [3.63, 3.8) is 0 Å². The van der Waals surface area contributed by atoms with Crippen LogP contribution in [0.25, 0.3) is 0 Å². The summed E-state index contributed by atoms with van der Waals surface area (Å²) in [5.41, 5.74) is 8.41. The molecule has 1 aliphatic heterocycles. The average Bonchev–Trinajstić information content (AvgIpc) is 2.88. The van der Waals surface area contributed by atoms with Gasteiger partial charge >= 0.3 is 0 Å². The summed E-state index contributed by atoms with van der Waals surface area (Å²) in [7, 11) is 0. The quantitative estimate of drug-likeness (QED) is 0.823. The molecule has 2 aromatic rings. The number of rotatable bonds is 5. The number of nitrogens with one attached hydrogen (secondary N) is 1. The topological polar surface area (TPSA) is 75.4 Å². The number of nitrogens with zero attached hydrogens (tertiary/aromatic N) is 1. The molecule has 3 rings (SSSR count). The van der Waals surface area contributed by atoms with Gasteiger partial charge in [0.2, 0.25) is 11.8 Å². The van der Waals surface area contributed by atoms with Crippen LogP contribution >= 0.6 is 0 Å². The molecule has 2 aromatic carbocycles. The van der Waals surface area contributed by atoms with Crippen molar-refractivity contribution >= 4 is 23.2 Å². The van der Waals surface area contributed by atoms with Crippen molar-refractivity contribution in [1.82, 2.24) is 5.32 Å². The molecule has 0 bridgehead atoms. The molecule has 0 saturated carbocycles. The number of anilines is 2. The summed E-state index contributed by atoms with van der Waals surface area (Å²) in [6, 6.07) is 16.7. The van der Waals surface area contributed by atoms with E-state index < -0.39 is 6.04 Å². The van der Waals surface area contributed by atoms with Gasteiger partial charge in [0.05, 0.1) is 0 Å². The van der Waals surface area contributed by atoms with Gasteiger partial charge in [0.1, 0.15) is 6.04 Å². The molecular weight excluding hydrogens is 314 g/mol. The van der Waals surface area contributed by atoms with E-state index in [-0.39, 0.29) is 17.9 Å². The number of hydrogen-bond acceptors (Lipinski definition) is 3. The molecule has 0 aromatic heterocycles. The van der Waals surface area contributed by atoms with E-state index in [0.717, 1.165) is 11.3 Å². The maximum Gasteiger partial charge on any atom is 0.249 e. The standard InChI is InChI=1S/C20H23N3O2/c1-14-13-18(20(25)23(14)16-8-3-2-4-9-16)22-19(24)12-11-15-7-5-6-10-17(15)21/h2-10,14,18H,11-13,21H2,1H3,(H,22,24)/t14-,18+/m0/s1. The average molecular weight is 337 g/mol. The van der Waals surface area contributed by atoms with Crippen molar-refractivity contribution in [2.24, 2.45) is 0 Å². The minimum atomic E-state index is -0.462. The highest BCUT2D eigenvalue weighted by Crippen LogP contribution is 2.26. The first-order chi connectivity index (χ1) is 12.1. The highest BCUT2D eigenvalue weighted by atomic mass is 16.2. The van der Waals surface area contributed by atoms with Gasteiger partial charge in [-0.3, -0.25) is 9.59 Å². The molecule has 1 fully saturated rings. The van der Waals surface area contributed by atoms with Crippen molar-refractivity contribution in [1.29, 1.82) is 0 Å². The number of nitrogen functional groups attached to an aromatic ring is 1. The Kier molecular flexibility index (Phi) is 5.03. The zero-order valence-corrected chi connectivity index (χ0v) is 14.3. The number of amides is 2. The van der Waals surface area contributed by atoms with E-state index in [4.69, 9.17) is 5.73 Å². The van der Waals surface area contributed by atoms with E-state index in [1.807, 2.05) is 61.5 Å². The van der Waals surface area contributed by atoms with Crippen LogP contribution in [0, 0.1) is 0 Å². The highest BCUT2D eigenvalue weighted by molar-refractivity contribution is 6.02. The predicted molar refractivity (Wildman–Crippen MR) is 99.1 cm³/mol. The summed E-state index contributed by atoms with van der Waals surface area (Å²) in [6.07, 6.45) is 1.50. The summed E-state index contributed by atoms with van der Waals surface area (Å²) in [5, 5.41) is 2.88. The molecule has 1 saturated heterocycles. The Morgan fingerprint density at radius 1 is 1.16 bits per heavy atom. The number of benzene rings is 2. The van der Waals surface area contributed by atoms with Gasteiger partial charge in [-0.05, 0) is 43.5 Å². The zero-order chi connectivity index (χ0) is 17.8. The van der Waals surface area contributed by atoms with E-state index >= 15 is 0 Å². The number of para-hydroxylation sites is 2. The molecule has 25 heavy (non-hydrogen) atoms. The van der Waals surface area contributed by atoms with Crippen molar-refractivity contribution in [2.45, 2.75) is 38.3 Å². The molecule has 0 aliphatic carbocycles. The van der Waals surface area contributed by atoms with Crippen LogP contribution in [0.15, 0.2) is 54.6 Å². The third kappa shape index (κ3) is 3.82. The van der Waals surface area contributed by atoms with Crippen molar-refractivity contribution < 1.29 is 9.59 Å². The van der Waals surface area contributed by atoms with Gasteiger partial charge in [0, 0.05) is 23.8 Å². The maximum absolute atomic E-state index is 12.7. The van der Waals surface area contributed by atoms with E-state index in [2.05, 4.69) is 5.32 Å². The Hall–Kier alpha value is -2.82. The fraction of sp³-hybridized carbons (Fsp3) is 0.300. The van der Waals surface area contributed by atoms with E-state index in [9.17, 15) is 9.59 Å². The highest BCUT2D eigenvalue weighted by Gasteiger charge is 2.38. The monoisotopic (exact) mass is 337 g/mol. The second-order valence-electron chi connectivity index (χ2n) is 6.45. The molecule has 5 nitrogen and oxygen atoms in total. The lowest BCUT2D eigenvalue weighted by atomic mass is 10.1. The second kappa shape index (κ2) is 7.38. The molecule has 0 spiro atoms. The number of carbonyl (C=O) groups excluding carboxylic acids is 2. The molecule has 1 heterocycles. The van der Waals surface area contributed by atoms with Gasteiger partial charge in [0.25, 0.3) is 0 Å². The van der Waals surface area contributed by atoms with Gasteiger partial charge in [-0.25, -0.2) is 0 Å². The van der Waals surface area contributed by atoms with Crippen molar-refractivity contribution in [2.75, 3.05) is 10.6 Å².